The van der Waals surface area contributed by atoms with Crippen LogP contribution in [0.4, 0.5) is 0 Å². The third-order valence-electron chi connectivity index (χ3n) is 20.6. The molecule has 0 aromatic carbocycles. The van der Waals surface area contributed by atoms with Crippen molar-refractivity contribution in [2.75, 3.05) is 19.8 Å². The number of amides is 1. The number of aliphatic hydroxyl groups excluding tert-OH is 5. The van der Waals surface area contributed by atoms with Gasteiger partial charge in [-0.25, -0.2) is 0 Å². The Hall–Kier alpha value is -1.86. The number of rotatable bonds is 77. The van der Waals surface area contributed by atoms with E-state index >= 15 is 0 Å². The van der Waals surface area contributed by atoms with Crippen LogP contribution < -0.4 is 5.32 Å². The lowest BCUT2D eigenvalue weighted by atomic mass is 9.99. The van der Waals surface area contributed by atoms with Crippen LogP contribution in [-0.4, -0.2) is 100 Å². The molecule has 1 saturated heterocycles. The molecular formula is C85H163NO10. The molecule has 11 heteroatoms. The minimum atomic E-state index is -1.57. The molecule has 1 heterocycles. The summed E-state index contributed by atoms with van der Waals surface area (Å²) >= 11 is 0. The summed E-state index contributed by atoms with van der Waals surface area (Å²) in [5.74, 6) is -0.157. The maximum Gasteiger partial charge on any atom is 0.305 e. The Morgan fingerprint density at radius 2 is 0.667 bits per heavy atom. The Balaban J connectivity index is 1.84. The fraction of sp³-hybridized carbons (Fsp3) is 0.929. The third kappa shape index (κ3) is 62.0. The second kappa shape index (κ2) is 74.3. The first kappa shape index (κ1) is 92.2. The molecule has 0 saturated carbocycles. The summed E-state index contributed by atoms with van der Waals surface area (Å²) in [4.78, 5) is 25.2. The van der Waals surface area contributed by atoms with Crippen LogP contribution in [0.1, 0.15) is 444 Å². The molecule has 1 fully saturated rings. The number of allylic oxidation sites excluding steroid dienone is 3. The third-order valence-corrected chi connectivity index (χ3v) is 20.6. The highest BCUT2D eigenvalue weighted by molar-refractivity contribution is 5.76. The van der Waals surface area contributed by atoms with E-state index in [2.05, 4.69) is 31.3 Å². The SMILES string of the molecule is CCCCCCCC/C=C\CCCCCCCCCC(=O)OCCCCCCCCCCCCCCCCCCCCCCCCCCCCCCCCCCCCCCCCCC(=O)NC(COC1OC(CO)C(O)C(O)C1O)C(O)/C=C/CCCCCCCCCCCC. The molecule has 1 rings (SSSR count). The standard InChI is InChI=1S/C85H163NO10/c1-3-5-7-9-11-13-15-17-18-42-46-49-53-57-61-65-69-73-81(90)94-74-70-66-62-58-54-50-47-44-41-39-37-35-33-31-29-27-25-23-21-19-20-22-24-26-28-30-32-34-36-38-40-43-45-48-52-56-60-64-68-72-80(89)86-77(76-95-85-84(93)83(92)82(91)79(75-87)96-85)78(88)71-67-63-59-55-51-16-14-12-10-8-6-4-2/h17-18,67,71,77-79,82-85,87-88,91-93H,3-16,19-66,68-70,72-76H2,1-2H3,(H,86,89)/b18-17-,71-67+. The summed E-state index contributed by atoms with van der Waals surface area (Å²) in [6.45, 7) is 4.40. The zero-order chi connectivity index (χ0) is 69.4. The predicted octanol–water partition coefficient (Wildman–Crippen LogP) is 23.5. The van der Waals surface area contributed by atoms with Gasteiger partial charge in [0.15, 0.2) is 6.29 Å². The molecule has 7 unspecified atom stereocenters. The average Bonchev–Trinajstić information content (AvgIpc) is 0.850. The van der Waals surface area contributed by atoms with Crippen molar-refractivity contribution in [3.63, 3.8) is 0 Å². The predicted molar refractivity (Wildman–Crippen MR) is 408 cm³/mol. The smallest absolute Gasteiger partial charge is 0.305 e. The molecule has 0 bridgehead atoms. The van der Waals surface area contributed by atoms with E-state index in [4.69, 9.17) is 14.2 Å². The summed E-state index contributed by atoms with van der Waals surface area (Å²) in [5.41, 5.74) is 0. The second-order valence-electron chi connectivity index (χ2n) is 29.9. The maximum atomic E-state index is 13.1. The van der Waals surface area contributed by atoms with Gasteiger partial charge < -0.3 is 45.1 Å². The topological polar surface area (TPSA) is 175 Å². The highest BCUT2D eigenvalue weighted by atomic mass is 16.7. The van der Waals surface area contributed by atoms with Gasteiger partial charge in [-0.05, 0) is 57.8 Å². The van der Waals surface area contributed by atoms with E-state index in [1.807, 2.05) is 6.08 Å². The minimum absolute atomic E-state index is 0.0160. The molecule has 6 N–H and O–H groups in total. The first-order chi connectivity index (χ1) is 47.2. The number of aliphatic hydroxyl groups is 5. The number of nitrogens with one attached hydrogen (secondary N) is 1. The number of carbonyl (C=O) groups excluding carboxylic acids is 2. The van der Waals surface area contributed by atoms with Gasteiger partial charge in [-0.3, -0.25) is 9.59 Å². The molecule has 7 atom stereocenters. The van der Waals surface area contributed by atoms with Gasteiger partial charge in [0.2, 0.25) is 5.91 Å². The first-order valence-electron chi connectivity index (χ1n) is 42.6. The zero-order valence-corrected chi connectivity index (χ0v) is 63.6. The number of unbranched alkanes of at least 4 members (excludes halogenated alkanes) is 61. The van der Waals surface area contributed by atoms with Crippen molar-refractivity contribution in [1.29, 1.82) is 0 Å². The molecule has 1 aliphatic heterocycles. The Morgan fingerprint density at radius 1 is 0.375 bits per heavy atom. The van der Waals surface area contributed by atoms with Crippen LogP contribution in [-0.2, 0) is 23.8 Å². The lowest BCUT2D eigenvalue weighted by Gasteiger charge is -2.40. The molecule has 1 amide bonds. The molecule has 0 radical (unpaired) electrons. The normalized spacial score (nSPS) is 17.3. The largest absolute Gasteiger partial charge is 0.466 e. The molecule has 96 heavy (non-hydrogen) atoms. The van der Waals surface area contributed by atoms with Crippen LogP contribution in [0, 0.1) is 0 Å². The molecule has 0 aromatic heterocycles. The lowest BCUT2D eigenvalue weighted by Crippen LogP contribution is -2.60. The van der Waals surface area contributed by atoms with E-state index < -0.39 is 49.5 Å². The van der Waals surface area contributed by atoms with E-state index in [9.17, 15) is 35.1 Å². The number of hydrogen-bond donors (Lipinski definition) is 6. The zero-order valence-electron chi connectivity index (χ0n) is 63.6. The van der Waals surface area contributed by atoms with Crippen LogP contribution in [0.25, 0.3) is 0 Å². The second-order valence-corrected chi connectivity index (χ2v) is 29.9. The Morgan fingerprint density at radius 3 is 1.00 bits per heavy atom. The lowest BCUT2D eigenvalue weighted by molar-refractivity contribution is -0.302. The summed E-state index contributed by atoms with van der Waals surface area (Å²) in [6.07, 6.45) is 86.7. The van der Waals surface area contributed by atoms with Crippen LogP contribution in [0.3, 0.4) is 0 Å². The van der Waals surface area contributed by atoms with E-state index in [-0.39, 0.29) is 18.5 Å². The number of carbonyl (C=O) groups is 2. The van der Waals surface area contributed by atoms with Crippen LogP contribution in [0.15, 0.2) is 24.3 Å². The van der Waals surface area contributed by atoms with Crippen molar-refractivity contribution in [2.45, 2.75) is 487 Å². The number of hydrogen-bond acceptors (Lipinski definition) is 10. The maximum absolute atomic E-state index is 13.1. The fourth-order valence-electron chi connectivity index (χ4n) is 13.9. The summed E-state index contributed by atoms with van der Waals surface area (Å²) < 4.78 is 16.8. The summed E-state index contributed by atoms with van der Waals surface area (Å²) in [6, 6.07) is -0.805. The Kier molecular flexibility index (Phi) is 71.4. The van der Waals surface area contributed by atoms with Gasteiger partial charge in [0.25, 0.3) is 0 Å². The molecule has 11 nitrogen and oxygen atoms in total. The Bertz CT molecular complexity index is 1640. The van der Waals surface area contributed by atoms with Gasteiger partial charge >= 0.3 is 5.97 Å². The molecular weight excluding hydrogens is 1190 g/mol. The Labute approximate surface area is 594 Å². The van der Waals surface area contributed by atoms with E-state index in [1.54, 1.807) is 6.08 Å². The van der Waals surface area contributed by atoms with Gasteiger partial charge in [-0.2, -0.15) is 0 Å². The van der Waals surface area contributed by atoms with Crippen molar-refractivity contribution >= 4 is 11.9 Å². The monoisotopic (exact) mass is 1360 g/mol. The van der Waals surface area contributed by atoms with Crippen LogP contribution in [0.2, 0.25) is 0 Å². The number of esters is 1. The molecule has 0 aromatic rings. The molecule has 0 aliphatic carbocycles. The molecule has 568 valence electrons. The number of ether oxygens (including phenoxy) is 3. The van der Waals surface area contributed by atoms with Crippen LogP contribution in [0.5, 0.6) is 0 Å². The van der Waals surface area contributed by atoms with Crippen molar-refractivity contribution in [1.82, 2.24) is 5.32 Å². The van der Waals surface area contributed by atoms with Crippen LogP contribution >= 0.6 is 0 Å². The van der Waals surface area contributed by atoms with Gasteiger partial charge in [-0.1, -0.05) is 398 Å². The molecule has 0 spiro atoms. The summed E-state index contributed by atoms with van der Waals surface area (Å²) in [5, 5.41) is 54.6. The van der Waals surface area contributed by atoms with Gasteiger partial charge in [0.05, 0.1) is 32.0 Å². The highest BCUT2D eigenvalue weighted by Gasteiger charge is 2.44. The average molecular weight is 1360 g/mol. The van der Waals surface area contributed by atoms with Gasteiger partial charge in [0.1, 0.15) is 24.4 Å². The summed E-state index contributed by atoms with van der Waals surface area (Å²) in [7, 11) is 0. The quantitative estimate of drug-likeness (QED) is 0.0195. The van der Waals surface area contributed by atoms with Gasteiger partial charge in [-0.15, -0.1) is 0 Å². The van der Waals surface area contributed by atoms with Crippen molar-refractivity contribution in [2.24, 2.45) is 0 Å². The van der Waals surface area contributed by atoms with E-state index in [0.717, 1.165) is 57.8 Å². The van der Waals surface area contributed by atoms with E-state index in [0.29, 0.717) is 19.4 Å². The van der Waals surface area contributed by atoms with Gasteiger partial charge in [0, 0.05) is 12.8 Å². The fourth-order valence-corrected chi connectivity index (χ4v) is 13.9. The minimum Gasteiger partial charge on any atom is -0.466 e. The van der Waals surface area contributed by atoms with E-state index in [1.165, 1.54) is 360 Å². The molecule has 1 aliphatic rings. The first-order valence-corrected chi connectivity index (χ1v) is 42.6. The highest BCUT2D eigenvalue weighted by Crippen LogP contribution is 2.24. The van der Waals surface area contributed by atoms with Crippen molar-refractivity contribution < 1.29 is 49.3 Å². The van der Waals surface area contributed by atoms with Crippen molar-refractivity contribution in [3.8, 4) is 0 Å². The van der Waals surface area contributed by atoms with Crippen molar-refractivity contribution in [3.05, 3.63) is 24.3 Å².